The van der Waals surface area contributed by atoms with Crippen molar-refractivity contribution in [3.63, 3.8) is 0 Å². The van der Waals surface area contributed by atoms with Gasteiger partial charge >= 0.3 is 6.18 Å². The summed E-state index contributed by atoms with van der Waals surface area (Å²) in [6, 6.07) is 8.34. The Labute approximate surface area is 223 Å². The molecule has 4 bridgehead atoms. The summed E-state index contributed by atoms with van der Waals surface area (Å²) in [4.78, 5) is 14.3. The number of hydrogen-bond acceptors (Lipinski definition) is 5. The van der Waals surface area contributed by atoms with E-state index in [2.05, 4.69) is 17.0 Å². The van der Waals surface area contributed by atoms with E-state index in [0.29, 0.717) is 44.0 Å². The molecule has 2 spiro atoms. The molecule has 0 amide bonds. The van der Waals surface area contributed by atoms with Crippen molar-refractivity contribution in [2.24, 2.45) is 29.6 Å². The largest absolute Gasteiger partial charge is 0.492 e. The van der Waals surface area contributed by atoms with Crippen LogP contribution in [0.5, 0.6) is 5.75 Å². The van der Waals surface area contributed by atoms with Crippen molar-refractivity contribution in [3.05, 3.63) is 29.8 Å². The van der Waals surface area contributed by atoms with Crippen LogP contribution in [0.4, 0.5) is 13.2 Å². The molecule has 0 aromatic heterocycles. The Morgan fingerprint density at radius 1 is 0.842 bits per heavy atom. The van der Waals surface area contributed by atoms with Crippen molar-refractivity contribution < 1.29 is 32.4 Å². The number of alkyl halides is 3. The fourth-order valence-corrected chi connectivity index (χ4v) is 8.80. The molecule has 2 aliphatic heterocycles. The first-order valence-electron chi connectivity index (χ1n) is 14.9. The van der Waals surface area contributed by atoms with Gasteiger partial charge in [-0.2, -0.15) is 22.9 Å². The van der Waals surface area contributed by atoms with Crippen LogP contribution in [0.3, 0.4) is 0 Å². The molecule has 7 aliphatic rings. The highest BCUT2D eigenvalue weighted by Gasteiger charge is 2.66. The molecule has 0 N–H and O–H groups in total. The van der Waals surface area contributed by atoms with Gasteiger partial charge in [-0.3, -0.25) is 4.90 Å². The smallest absolute Gasteiger partial charge is 0.391 e. The van der Waals surface area contributed by atoms with Gasteiger partial charge in [0.05, 0.1) is 5.92 Å². The van der Waals surface area contributed by atoms with Gasteiger partial charge in [-0.15, -0.1) is 0 Å². The molecule has 8 rings (SSSR count). The average molecular weight is 536 g/mol. The van der Waals surface area contributed by atoms with Crippen LogP contribution in [0.25, 0.3) is 0 Å². The van der Waals surface area contributed by atoms with Crippen LogP contribution in [0.1, 0.15) is 82.1 Å². The second-order valence-electron chi connectivity index (χ2n) is 13.1. The van der Waals surface area contributed by atoms with E-state index in [9.17, 15) is 13.2 Å². The van der Waals surface area contributed by atoms with Gasteiger partial charge in [-0.1, -0.05) is 12.1 Å². The van der Waals surface area contributed by atoms with E-state index in [0.717, 1.165) is 43.3 Å². The number of nitrogens with zero attached hydrogens (tertiary/aromatic N) is 1. The first kappa shape index (κ1) is 25.6. The lowest BCUT2D eigenvalue weighted by Gasteiger charge is -2.57. The molecule has 2 saturated heterocycles. The summed E-state index contributed by atoms with van der Waals surface area (Å²) >= 11 is 0. The van der Waals surface area contributed by atoms with E-state index in [-0.39, 0.29) is 12.8 Å². The lowest BCUT2D eigenvalue weighted by atomic mass is 9.53. The highest BCUT2D eigenvalue weighted by Crippen LogP contribution is 2.64. The van der Waals surface area contributed by atoms with Crippen LogP contribution < -0.4 is 4.74 Å². The summed E-state index contributed by atoms with van der Waals surface area (Å²) in [6.07, 6.45) is 6.39. The molecule has 5 nitrogen and oxygen atoms in total. The number of piperidine rings is 1. The molecule has 38 heavy (non-hydrogen) atoms. The van der Waals surface area contributed by atoms with Crippen molar-refractivity contribution in [2.75, 3.05) is 26.2 Å². The number of halogens is 3. The van der Waals surface area contributed by atoms with Crippen molar-refractivity contribution in [3.8, 4) is 5.75 Å². The molecule has 0 radical (unpaired) electrons. The van der Waals surface area contributed by atoms with Crippen LogP contribution in [0.15, 0.2) is 24.3 Å². The zero-order valence-electron chi connectivity index (χ0n) is 22.1. The Morgan fingerprint density at radius 2 is 1.47 bits per heavy atom. The highest BCUT2D eigenvalue weighted by molar-refractivity contribution is 5.30. The third-order valence-electron chi connectivity index (χ3n) is 10.8. The normalized spacial score (nSPS) is 41.4. The van der Waals surface area contributed by atoms with Gasteiger partial charge < -0.3 is 9.47 Å². The first-order valence-corrected chi connectivity index (χ1v) is 14.9. The van der Waals surface area contributed by atoms with Crippen molar-refractivity contribution >= 4 is 0 Å². The van der Waals surface area contributed by atoms with Gasteiger partial charge in [0.15, 0.2) is 0 Å². The molecule has 5 saturated carbocycles. The number of likely N-dealkylation sites (tertiary alicyclic amines) is 1. The monoisotopic (exact) mass is 535 g/mol. The van der Waals surface area contributed by atoms with Crippen molar-refractivity contribution in [2.45, 2.75) is 94.3 Å². The van der Waals surface area contributed by atoms with E-state index in [1.807, 2.05) is 12.1 Å². The van der Waals surface area contributed by atoms with Gasteiger partial charge in [0, 0.05) is 31.2 Å². The standard InChI is InChI=1S/C30H40F3NO4/c31-30(32,33)24-7-11-34(12-8-24)13-14-35-27-3-1-22(2-4-27)23-5-9-28(10-6-23)36-29(38-37-28)25-16-20-15-21(18-25)19-26(29)17-20/h1-4,20-21,23-26H,5-19H2/t20?,21?,23-,25?,26?,28+,29-. The van der Waals surface area contributed by atoms with E-state index < -0.39 is 23.7 Å². The fourth-order valence-electron chi connectivity index (χ4n) is 8.80. The molecule has 2 heterocycles. The minimum absolute atomic E-state index is 0.187. The lowest BCUT2D eigenvalue weighted by Crippen LogP contribution is -2.59. The summed E-state index contributed by atoms with van der Waals surface area (Å²) in [5.41, 5.74) is 1.31. The Hall–Kier alpha value is -1.35. The van der Waals surface area contributed by atoms with E-state index >= 15 is 0 Å². The summed E-state index contributed by atoms with van der Waals surface area (Å²) in [5.74, 6) is 1.77. The number of ether oxygens (including phenoxy) is 2. The predicted octanol–water partition coefficient (Wildman–Crippen LogP) is 6.82. The second kappa shape index (κ2) is 9.64. The van der Waals surface area contributed by atoms with Crippen LogP contribution in [-0.2, 0) is 14.5 Å². The maximum absolute atomic E-state index is 12.9. The SMILES string of the molecule is FC(F)(F)C1CCN(CCOc2ccc([C@H]3CC[C@]4(CC3)OO[C@]3(O4)C4CC5CC(C4)CC3C5)cc2)CC1. The van der Waals surface area contributed by atoms with Crippen LogP contribution in [0, 0.1) is 29.6 Å². The van der Waals surface area contributed by atoms with Gasteiger partial charge in [-0.25, -0.2) is 0 Å². The molecule has 1 aromatic carbocycles. The fraction of sp³-hybridized carbons (Fsp3) is 0.800. The maximum Gasteiger partial charge on any atom is 0.391 e. The molecule has 7 fully saturated rings. The minimum Gasteiger partial charge on any atom is -0.492 e. The summed E-state index contributed by atoms with van der Waals surface area (Å²) in [5, 5.41) is 0. The van der Waals surface area contributed by atoms with E-state index in [1.165, 1.54) is 37.7 Å². The molecule has 0 atom stereocenters. The van der Waals surface area contributed by atoms with Gasteiger partial charge in [0.2, 0.25) is 11.6 Å². The quantitative estimate of drug-likeness (QED) is 0.387. The highest BCUT2D eigenvalue weighted by atomic mass is 19.4. The third-order valence-corrected chi connectivity index (χ3v) is 10.8. The zero-order chi connectivity index (χ0) is 26.0. The van der Waals surface area contributed by atoms with Gasteiger partial charge in [0.1, 0.15) is 12.4 Å². The Kier molecular flexibility index (Phi) is 6.49. The van der Waals surface area contributed by atoms with Gasteiger partial charge in [-0.05, 0) is 106 Å². The van der Waals surface area contributed by atoms with Crippen LogP contribution >= 0.6 is 0 Å². The third kappa shape index (κ3) is 4.67. The first-order chi connectivity index (χ1) is 18.3. The van der Waals surface area contributed by atoms with E-state index in [4.69, 9.17) is 19.2 Å². The minimum atomic E-state index is -4.06. The summed E-state index contributed by atoms with van der Waals surface area (Å²) in [7, 11) is 0. The topological polar surface area (TPSA) is 40.2 Å². The Bertz CT molecular complexity index is 954. The molecule has 5 aliphatic carbocycles. The zero-order valence-corrected chi connectivity index (χ0v) is 22.1. The lowest BCUT2D eigenvalue weighted by molar-refractivity contribution is -0.390. The second-order valence-corrected chi connectivity index (χ2v) is 13.1. The number of benzene rings is 1. The molecule has 210 valence electrons. The van der Waals surface area contributed by atoms with Crippen LogP contribution in [-0.4, -0.2) is 48.9 Å². The summed E-state index contributed by atoms with van der Waals surface area (Å²) < 4.78 is 51.3. The molecule has 8 heteroatoms. The Balaban J connectivity index is 0.878. The van der Waals surface area contributed by atoms with Crippen molar-refractivity contribution in [1.82, 2.24) is 4.90 Å². The molecule has 0 unspecified atom stereocenters. The molecular formula is C30H40F3NO4. The van der Waals surface area contributed by atoms with E-state index in [1.54, 1.807) is 0 Å². The maximum atomic E-state index is 12.9. The molecular weight excluding hydrogens is 495 g/mol. The number of hydrogen-bond donors (Lipinski definition) is 0. The average Bonchev–Trinajstić information content (AvgIpc) is 3.27. The predicted molar refractivity (Wildman–Crippen MR) is 134 cm³/mol. The summed E-state index contributed by atoms with van der Waals surface area (Å²) in [6.45, 7) is 2.11. The molecule has 1 aromatic rings. The van der Waals surface area contributed by atoms with Gasteiger partial charge in [0.25, 0.3) is 0 Å². The van der Waals surface area contributed by atoms with Crippen LogP contribution in [0.2, 0.25) is 0 Å². The number of rotatable bonds is 5. The Morgan fingerprint density at radius 3 is 2.08 bits per heavy atom. The van der Waals surface area contributed by atoms with Crippen molar-refractivity contribution in [1.29, 1.82) is 0 Å².